The van der Waals surface area contributed by atoms with Gasteiger partial charge in [-0.1, -0.05) is 6.92 Å². The summed E-state index contributed by atoms with van der Waals surface area (Å²) in [7, 11) is 0. The largest absolute Gasteiger partial charge is 0.490 e. The lowest BCUT2D eigenvalue weighted by Gasteiger charge is -2.41. The molecule has 3 aromatic rings. The van der Waals surface area contributed by atoms with Crippen LogP contribution < -0.4 is 15.8 Å². The Balaban J connectivity index is 1.49. The van der Waals surface area contributed by atoms with Gasteiger partial charge in [0, 0.05) is 42.5 Å². The number of nitrogens with one attached hydrogen (secondary N) is 1. The number of rotatable bonds is 7. The Kier molecular flexibility index (Phi) is 5.31. The first-order valence-corrected chi connectivity index (χ1v) is 11.6. The molecule has 5 heterocycles. The minimum Gasteiger partial charge on any atom is -0.490 e. The Morgan fingerprint density at radius 1 is 1.35 bits per heavy atom. The standard InChI is InChI=1S/C25H30N6O3/c1-5-16(3)34-19-6-21-30-20(25-12-24(4,13-25)33-14-25)11-31(21)10-17(19)23(32)29-18(7-26)22-27-8-15(2)9-28-22/h6-11,16H,5,12-14,26H2,1-4H3,(H,29,32)/b18-7+/t16-,24?,25?/m1/s1. The Morgan fingerprint density at radius 3 is 2.71 bits per heavy atom. The predicted octanol–water partition coefficient (Wildman–Crippen LogP) is 3.12. The number of aromatic nitrogens is 4. The number of fused-ring (bicyclic) bond motifs is 2. The summed E-state index contributed by atoms with van der Waals surface area (Å²) in [5, 5.41) is 2.84. The van der Waals surface area contributed by atoms with Crippen molar-refractivity contribution in [3.05, 3.63) is 59.7 Å². The fourth-order valence-corrected chi connectivity index (χ4v) is 4.88. The van der Waals surface area contributed by atoms with Crippen LogP contribution in [0.3, 0.4) is 0 Å². The molecular formula is C25H30N6O3. The molecule has 3 N–H and O–H groups in total. The highest BCUT2D eigenvalue weighted by molar-refractivity contribution is 6.01. The van der Waals surface area contributed by atoms with Gasteiger partial charge in [-0.25, -0.2) is 15.0 Å². The van der Waals surface area contributed by atoms with Crippen LogP contribution >= 0.6 is 0 Å². The van der Waals surface area contributed by atoms with E-state index in [1.165, 1.54) is 6.20 Å². The summed E-state index contributed by atoms with van der Waals surface area (Å²) >= 11 is 0. The van der Waals surface area contributed by atoms with Gasteiger partial charge < -0.3 is 24.9 Å². The number of ether oxygens (including phenoxy) is 2. The first-order valence-electron chi connectivity index (χ1n) is 11.6. The van der Waals surface area contributed by atoms with Crippen LogP contribution in [0, 0.1) is 6.92 Å². The Labute approximate surface area is 198 Å². The van der Waals surface area contributed by atoms with Gasteiger partial charge in [0.25, 0.3) is 5.91 Å². The molecule has 9 nitrogen and oxygen atoms in total. The lowest BCUT2D eigenvalue weighted by molar-refractivity contribution is 0.0154. The molecule has 1 aliphatic carbocycles. The number of carbonyl (C=O) groups is 1. The van der Waals surface area contributed by atoms with Gasteiger partial charge in [0.05, 0.1) is 29.6 Å². The van der Waals surface area contributed by atoms with Crippen LogP contribution in [0.15, 0.2) is 37.1 Å². The number of imidazole rings is 1. The van der Waals surface area contributed by atoms with E-state index in [0.717, 1.165) is 36.2 Å². The number of amides is 1. The molecule has 34 heavy (non-hydrogen) atoms. The van der Waals surface area contributed by atoms with Crippen molar-refractivity contribution < 1.29 is 14.3 Å². The van der Waals surface area contributed by atoms with Crippen molar-refractivity contribution in [2.24, 2.45) is 5.73 Å². The third-order valence-corrected chi connectivity index (χ3v) is 6.80. The molecule has 178 valence electrons. The van der Waals surface area contributed by atoms with Crippen molar-refractivity contribution >= 4 is 17.3 Å². The van der Waals surface area contributed by atoms with Gasteiger partial charge in [-0.05, 0) is 45.6 Å². The second-order valence-corrected chi connectivity index (χ2v) is 9.77. The molecule has 2 aliphatic heterocycles. The second-order valence-electron chi connectivity index (χ2n) is 9.77. The van der Waals surface area contributed by atoms with Crippen LogP contribution in [-0.2, 0) is 10.2 Å². The molecule has 6 rings (SSSR count). The molecular weight excluding hydrogens is 432 g/mol. The van der Waals surface area contributed by atoms with E-state index in [-0.39, 0.29) is 23.0 Å². The fourth-order valence-electron chi connectivity index (χ4n) is 4.88. The molecule has 3 aliphatic rings. The Bertz CT molecular complexity index is 1270. The molecule has 9 heteroatoms. The first-order chi connectivity index (χ1) is 16.2. The monoisotopic (exact) mass is 462 g/mol. The maximum absolute atomic E-state index is 13.4. The maximum Gasteiger partial charge on any atom is 0.261 e. The highest BCUT2D eigenvalue weighted by Crippen LogP contribution is 2.58. The molecule has 1 amide bonds. The summed E-state index contributed by atoms with van der Waals surface area (Å²) in [6, 6.07) is 1.82. The molecule has 0 spiro atoms. The van der Waals surface area contributed by atoms with Crippen molar-refractivity contribution in [1.82, 2.24) is 24.7 Å². The Morgan fingerprint density at radius 2 is 2.09 bits per heavy atom. The molecule has 3 aromatic heterocycles. The number of hydrogen-bond acceptors (Lipinski definition) is 7. The van der Waals surface area contributed by atoms with Crippen molar-refractivity contribution in [3.63, 3.8) is 0 Å². The lowest BCUT2D eigenvalue weighted by Crippen LogP contribution is -2.45. The van der Waals surface area contributed by atoms with Gasteiger partial charge in [0.15, 0.2) is 5.82 Å². The van der Waals surface area contributed by atoms with E-state index in [9.17, 15) is 4.79 Å². The van der Waals surface area contributed by atoms with Crippen molar-refractivity contribution in [2.75, 3.05) is 6.61 Å². The first kappa shape index (κ1) is 22.3. The Hall–Kier alpha value is -3.46. The van der Waals surface area contributed by atoms with Gasteiger partial charge in [-0.15, -0.1) is 0 Å². The van der Waals surface area contributed by atoms with E-state index in [1.54, 1.807) is 18.6 Å². The normalized spacial score (nSPS) is 24.6. The van der Waals surface area contributed by atoms with Crippen LogP contribution in [0.1, 0.15) is 67.5 Å². The quantitative estimate of drug-likeness (QED) is 0.554. The summed E-state index contributed by atoms with van der Waals surface area (Å²) in [5.41, 5.74) is 9.05. The van der Waals surface area contributed by atoms with E-state index < -0.39 is 0 Å². The topological polar surface area (TPSA) is 117 Å². The minimum atomic E-state index is -0.366. The molecule has 1 atom stereocenters. The zero-order valence-corrected chi connectivity index (χ0v) is 20.0. The van der Waals surface area contributed by atoms with Crippen LogP contribution in [0.2, 0.25) is 0 Å². The average molecular weight is 463 g/mol. The third-order valence-electron chi connectivity index (χ3n) is 6.80. The number of aryl methyl sites for hydroxylation is 1. The zero-order chi connectivity index (χ0) is 24.1. The van der Waals surface area contributed by atoms with E-state index >= 15 is 0 Å². The maximum atomic E-state index is 13.4. The van der Waals surface area contributed by atoms with Crippen molar-refractivity contribution in [3.8, 4) is 5.75 Å². The summed E-state index contributed by atoms with van der Waals surface area (Å²) in [6.07, 6.45) is 11.1. The average Bonchev–Trinajstić information content (AvgIpc) is 3.48. The number of nitrogens with two attached hydrogens (primary N) is 1. The summed E-state index contributed by atoms with van der Waals surface area (Å²) < 4.78 is 14.0. The van der Waals surface area contributed by atoms with E-state index in [0.29, 0.717) is 29.4 Å². The summed E-state index contributed by atoms with van der Waals surface area (Å²) in [6.45, 7) is 8.72. The molecule has 0 aromatic carbocycles. The van der Waals surface area contributed by atoms with Crippen LogP contribution in [0.4, 0.5) is 0 Å². The van der Waals surface area contributed by atoms with Crippen LogP contribution in [-0.4, -0.2) is 43.6 Å². The summed E-state index contributed by atoms with van der Waals surface area (Å²) in [4.78, 5) is 26.8. The predicted molar refractivity (Wildman–Crippen MR) is 127 cm³/mol. The third kappa shape index (κ3) is 3.79. The molecule has 1 saturated carbocycles. The van der Waals surface area contributed by atoms with E-state index in [2.05, 4.69) is 22.2 Å². The van der Waals surface area contributed by atoms with Gasteiger partial charge in [-0.2, -0.15) is 0 Å². The molecule has 0 unspecified atom stereocenters. The zero-order valence-electron chi connectivity index (χ0n) is 20.0. The molecule has 3 fully saturated rings. The van der Waals surface area contributed by atoms with Crippen LogP contribution in [0.25, 0.3) is 11.3 Å². The van der Waals surface area contributed by atoms with Gasteiger partial charge in [0.2, 0.25) is 0 Å². The molecule has 0 radical (unpaired) electrons. The minimum absolute atomic E-state index is 0.0331. The number of hydrogen-bond donors (Lipinski definition) is 2. The lowest BCUT2D eigenvalue weighted by atomic mass is 9.62. The number of nitrogens with zero attached hydrogens (tertiary/aromatic N) is 4. The molecule has 2 bridgehead atoms. The van der Waals surface area contributed by atoms with E-state index in [4.69, 9.17) is 20.2 Å². The number of pyridine rings is 1. The fraction of sp³-hybridized carbons (Fsp3) is 0.440. The van der Waals surface area contributed by atoms with Crippen molar-refractivity contribution in [1.29, 1.82) is 0 Å². The van der Waals surface area contributed by atoms with Crippen LogP contribution in [0.5, 0.6) is 5.75 Å². The van der Waals surface area contributed by atoms with Crippen molar-refractivity contribution in [2.45, 2.75) is 64.1 Å². The van der Waals surface area contributed by atoms with E-state index in [1.807, 2.05) is 37.4 Å². The summed E-state index contributed by atoms with van der Waals surface area (Å²) in [5.74, 6) is 0.441. The van der Waals surface area contributed by atoms with Gasteiger partial charge in [-0.3, -0.25) is 4.79 Å². The SMILES string of the molecule is CC[C@@H](C)Oc1cc2nc(C34COC(C)(C3)C4)cn2cc1C(=O)N/C(=C/N)c1ncc(C)cn1. The highest BCUT2D eigenvalue weighted by Gasteiger charge is 2.61. The number of carbonyl (C=O) groups excluding carboxylic acids is 1. The smallest absolute Gasteiger partial charge is 0.261 e. The van der Waals surface area contributed by atoms with Gasteiger partial charge in [0.1, 0.15) is 17.1 Å². The van der Waals surface area contributed by atoms with Gasteiger partial charge >= 0.3 is 0 Å². The second kappa shape index (κ2) is 8.09. The molecule has 2 saturated heterocycles. The highest BCUT2D eigenvalue weighted by atomic mass is 16.5.